The summed E-state index contributed by atoms with van der Waals surface area (Å²) in [5, 5.41) is 2.36. The van der Waals surface area contributed by atoms with E-state index in [-0.39, 0.29) is 28.5 Å². The average molecular weight is 418 g/mol. The lowest BCUT2D eigenvalue weighted by Gasteiger charge is -2.17. The minimum atomic E-state index is -0.594. The van der Waals surface area contributed by atoms with E-state index >= 15 is 0 Å². The normalized spacial score (nSPS) is 12.1. The van der Waals surface area contributed by atoms with Gasteiger partial charge >= 0.3 is 5.97 Å². The first-order valence-electron chi connectivity index (χ1n) is 9.40. The number of hydrogen-bond acceptors (Lipinski definition) is 4. The molecule has 1 atom stereocenters. The van der Waals surface area contributed by atoms with Gasteiger partial charge in [0.1, 0.15) is 11.1 Å². The van der Waals surface area contributed by atoms with Gasteiger partial charge in [0, 0.05) is 11.3 Å². The van der Waals surface area contributed by atoms with Crippen LogP contribution in [0.1, 0.15) is 59.8 Å². The lowest BCUT2D eigenvalue weighted by Crippen LogP contribution is -2.22. The fraction of sp³-hybridized carbons (Fsp3) is 0.600. The molecule has 0 aliphatic rings. The Balaban J connectivity index is 2.93. The maximum Gasteiger partial charge on any atom is 0.319 e. The molecule has 0 saturated carbocycles. The molecule has 0 spiro atoms. The molecule has 0 heterocycles. The molecule has 7 heteroatoms. The maximum absolute atomic E-state index is 14.2. The summed E-state index contributed by atoms with van der Waals surface area (Å²) in [4.78, 5) is 24.8. The van der Waals surface area contributed by atoms with Crippen LogP contribution in [0.4, 0.5) is 10.1 Å². The fourth-order valence-electron chi connectivity index (χ4n) is 2.25. The molecule has 1 aromatic carbocycles. The highest BCUT2D eigenvalue weighted by molar-refractivity contribution is 8.00. The predicted octanol–water partition coefficient (Wildman–Crippen LogP) is 6.07. The number of benzene rings is 1. The minimum absolute atomic E-state index is 0.0776. The zero-order chi connectivity index (χ0) is 20.4. The highest BCUT2D eigenvalue weighted by Crippen LogP contribution is 2.36. The second-order valence-corrected chi connectivity index (χ2v) is 8.49. The Morgan fingerprint density at radius 2 is 1.96 bits per heavy atom. The molecule has 1 aromatic rings. The van der Waals surface area contributed by atoms with Crippen molar-refractivity contribution in [2.24, 2.45) is 5.92 Å². The Morgan fingerprint density at radius 1 is 1.26 bits per heavy atom. The van der Waals surface area contributed by atoms with Crippen molar-refractivity contribution in [2.75, 3.05) is 11.9 Å². The molecule has 4 nitrogen and oxygen atoms in total. The Labute approximate surface area is 170 Å². The number of esters is 1. The number of thioether (sulfide) groups is 1. The van der Waals surface area contributed by atoms with E-state index in [2.05, 4.69) is 5.32 Å². The van der Waals surface area contributed by atoms with Gasteiger partial charge in [-0.15, -0.1) is 11.8 Å². The molecule has 27 heavy (non-hydrogen) atoms. The summed E-state index contributed by atoms with van der Waals surface area (Å²) in [7, 11) is 0. The van der Waals surface area contributed by atoms with Crippen LogP contribution in [0.25, 0.3) is 0 Å². The first-order chi connectivity index (χ1) is 12.8. The van der Waals surface area contributed by atoms with Crippen LogP contribution < -0.4 is 5.32 Å². The smallest absolute Gasteiger partial charge is 0.319 e. The van der Waals surface area contributed by atoms with E-state index in [9.17, 15) is 14.0 Å². The molecule has 1 unspecified atom stereocenters. The van der Waals surface area contributed by atoms with Gasteiger partial charge in [0.2, 0.25) is 5.91 Å². The molecule has 0 aliphatic heterocycles. The molecule has 1 amide bonds. The molecular weight excluding hydrogens is 389 g/mol. The highest BCUT2D eigenvalue weighted by atomic mass is 35.5. The fourth-order valence-corrected chi connectivity index (χ4v) is 3.71. The van der Waals surface area contributed by atoms with E-state index in [4.69, 9.17) is 16.3 Å². The third kappa shape index (κ3) is 8.52. The van der Waals surface area contributed by atoms with Crippen LogP contribution in [0.5, 0.6) is 0 Å². The van der Waals surface area contributed by atoms with E-state index in [1.54, 1.807) is 0 Å². The number of anilines is 1. The van der Waals surface area contributed by atoms with Gasteiger partial charge < -0.3 is 10.1 Å². The third-order valence-electron chi connectivity index (χ3n) is 3.69. The van der Waals surface area contributed by atoms with E-state index in [0.717, 1.165) is 19.3 Å². The van der Waals surface area contributed by atoms with Crippen molar-refractivity contribution >= 4 is 40.9 Å². The van der Waals surface area contributed by atoms with Crippen molar-refractivity contribution in [1.82, 2.24) is 0 Å². The number of halogens is 2. The number of ether oxygens (including phenoxy) is 1. The summed E-state index contributed by atoms with van der Waals surface area (Å²) in [5.41, 5.74) is 0.0776. The standard InChI is InChI=1S/C20H29ClFNO3S/c1-5-7-9-19(24)23-16-11-18(14(21)10-15(16)22)27-17(8-6-2)20(25)26-12-13(3)4/h10-11,13,17H,5-9,12H2,1-4H3,(H,23,24). The van der Waals surface area contributed by atoms with Gasteiger partial charge in [0.25, 0.3) is 0 Å². The Kier molecular flexibility index (Phi) is 10.8. The lowest BCUT2D eigenvalue weighted by molar-refractivity contribution is -0.144. The monoisotopic (exact) mass is 417 g/mol. The van der Waals surface area contributed by atoms with Crippen molar-refractivity contribution in [3.05, 3.63) is 23.0 Å². The van der Waals surface area contributed by atoms with Crippen LogP contribution >= 0.6 is 23.4 Å². The summed E-state index contributed by atoms with van der Waals surface area (Å²) < 4.78 is 19.5. The van der Waals surface area contributed by atoms with Gasteiger partial charge in [-0.1, -0.05) is 52.1 Å². The van der Waals surface area contributed by atoms with Gasteiger partial charge in [0.15, 0.2) is 0 Å². The molecular formula is C20H29ClFNO3S. The van der Waals surface area contributed by atoms with Crippen LogP contribution in [0.2, 0.25) is 5.02 Å². The quantitative estimate of drug-likeness (QED) is 0.350. The van der Waals surface area contributed by atoms with E-state index in [1.807, 2.05) is 27.7 Å². The SMILES string of the molecule is CCCCC(=O)Nc1cc(SC(CCC)C(=O)OCC(C)C)c(Cl)cc1F. The van der Waals surface area contributed by atoms with Gasteiger partial charge in [-0.25, -0.2) is 4.39 Å². The highest BCUT2D eigenvalue weighted by Gasteiger charge is 2.23. The van der Waals surface area contributed by atoms with Crippen LogP contribution in [0, 0.1) is 11.7 Å². The first kappa shape index (κ1) is 23.8. The number of hydrogen-bond donors (Lipinski definition) is 1. The molecule has 0 saturated heterocycles. The molecule has 1 N–H and O–H groups in total. The van der Waals surface area contributed by atoms with Crippen molar-refractivity contribution in [3.8, 4) is 0 Å². The molecule has 0 fully saturated rings. The Hall–Kier alpha value is -1.27. The number of carbonyl (C=O) groups excluding carboxylic acids is 2. The molecule has 0 aliphatic carbocycles. The van der Waals surface area contributed by atoms with Crippen molar-refractivity contribution in [2.45, 2.75) is 69.9 Å². The van der Waals surface area contributed by atoms with Gasteiger partial charge in [0.05, 0.1) is 17.3 Å². The zero-order valence-electron chi connectivity index (χ0n) is 16.4. The van der Waals surface area contributed by atoms with E-state index in [0.29, 0.717) is 24.3 Å². The topological polar surface area (TPSA) is 55.4 Å². The Morgan fingerprint density at radius 3 is 2.56 bits per heavy atom. The van der Waals surface area contributed by atoms with Crippen LogP contribution in [0.3, 0.4) is 0 Å². The van der Waals surface area contributed by atoms with Crippen molar-refractivity contribution < 1.29 is 18.7 Å². The van der Waals surface area contributed by atoms with Gasteiger partial charge in [-0.3, -0.25) is 9.59 Å². The maximum atomic E-state index is 14.2. The number of amides is 1. The van der Waals surface area contributed by atoms with Crippen LogP contribution in [-0.2, 0) is 14.3 Å². The minimum Gasteiger partial charge on any atom is -0.465 e. The van der Waals surface area contributed by atoms with Gasteiger partial charge in [-0.2, -0.15) is 0 Å². The second-order valence-electron chi connectivity index (χ2n) is 6.83. The molecule has 0 bridgehead atoms. The van der Waals surface area contributed by atoms with Gasteiger partial charge in [-0.05, 0) is 30.9 Å². The second kappa shape index (κ2) is 12.2. The largest absolute Gasteiger partial charge is 0.465 e. The van der Waals surface area contributed by atoms with Crippen LogP contribution in [-0.4, -0.2) is 23.7 Å². The number of rotatable bonds is 11. The number of carbonyl (C=O) groups is 2. The van der Waals surface area contributed by atoms with Crippen molar-refractivity contribution in [3.63, 3.8) is 0 Å². The molecule has 0 radical (unpaired) electrons. The number of nitrogens with one attached hydrogen (secondary N) is 1. The summed E-state index contributed by atoms with van der Waals surface area (Å²) in [5.74, 6) is -0.885. The third-order valence-corrected chi connectivity index (χ3v) is 5.42. The van der Waals surface area contributed by atoms with Crippen LogP contribution in [0.15, 0.2) is 17.0 Å². The van der Waals surface area contributed by atoms with E-state index < -0.39 is 11.1 Å². The van der Waals surface area contributed by atoms with E-state index in [1.165, 1.54) is 23.9 Å². The van der Waals surface area contributed by atoms with Crippen molar-refractivity contribution in [1.29, 1.82) is 0 Å². The number of unbranched alkanes of at least 4 members (excludes halogenated alkanes) is 1. The first-order valence-corrected chi connectivity index (χ1v) is 10.7. The summed E-state index contributed by atoms with van der Waals surface area (Å²) in [6.45, 7) is 8.26. The molecule has 0 aromatic heterocycles. The Bertz CT molecular complexity index is 640. The molecule has 152 valence electrons. The zero-order valence-corrected chi connectivity index (χ0v) is 18.0. The average Bonchev–Trinajstić information content (AvgIpc) is 2.61. The molecule has 1 rings (SSSR count). The summed E-state index contributed by atoms with van der Waals surface area (Å²) in [6.07, 6.45) is 3.38. The predicted molar refractivity (Wildman–Crippen MR) is 110 cm³/mol. The summed E-state index contributed by atoms with van der Waals surface area (Å²) in [6, 6.07) is 2.66. The summed E-state index contributed by atoms with van der Waals surface area (Å²) >= 11 is 7.42. The lowest BCUT2D eigenvalue weighted by atomic mass is 10.2.